The number of para-hydroxylation sites is 1. The molecule has 0 spiro atoms. The number of ether oxygens (including phenoxy) is 1. The van der Waals surface area contributed by atoms with Crippen molar-refractivity contribution in [3.63, 3.8) is 0 Å². The van der Waals surface area contributed by atoms with Crippen LogP contribution in [0.2, 0.25) is 0 Å². The summed E-state index contributed by atoms with van der Waals surface area (Å²) >= 11 is 0. The summed E-state index contributed by atoms with van der Waals surface area (Å²) in [6.45, 7) is 4.32. The van der Waals surface area contributed by atoms with Gasteiger partial charge in [0.25, 0.3) is 0 Å². The van der Waals surface area contributed by atoms with E-state index in [1.165, 1.54) is 25.7 Å². The van der Waals surface area contributed by atoms with Gasteiger partial charge in [-0.1, -0.05) is 44.9 Å². The molecule has 0 N–H and O–H groups in total. The first-order valence-electron chi connectivity index (χ1n) is 6.36. The fourth-order valence-corrected chi connectivity index (χ4v) is 1.76. The van der Waals surface area contributed by atoms with Crippen LogP contribution >= 0.6 is 0 Å². The van der Waals surface area contributed by atoms with Gasteiger partial charge in [0.05, 0.1) is 6.10 Å². The standard InChI is InChI=1S/C15H23O/c1-3-5-6-8-11-14(4-2)16-15-12-9-7-10-13-15/h3,7,9-10,12-14H,4-6,8,11H2,1-2H3. The predicted octanol–water partition coefficient (Wildman–Crippen LogP) is 4.63. The van der Waals surface area contributed by atoms with Gasteiger partial charge in [-0.25, -0.2) is 0 Å². The summed E-state index contributed by atoms with van der Waals surface area (Å²) < 4.78 is 5.93. The molecule has 1 unspecified atom stereocenters. The highest BCUT2D eigenvalue weighted by atomic mass is 16.5. The molecule has 0 aromatic heterocycles. The summed E-state index contributed by atoms with van der Waals surface area (Å²) in [7, 11) is 0. The Morgan fingerprint density at radius 1 is 1.19 bits per heavy atom. The second kappa shape index (κ2) is 8.20. The molecular weight excluding hydrogens is 196 g/mol. The zero-order chi connectivity index (χ0) is 11.6. The maximum Gasteiger partial charge on any atom is 0.119 e. The van der Waals surface area contributed by atoms with Crippen molar-refractivity contribution < 1.29 is 4.74 Å². The number of hydrogen-bond donors (Lipinski definition) is 0. The van der Waals surface area contributed by atoms with Crippen molar-refractivity contribution in [3.05, 3.63) is 36.8 Å². The molecular formula is C15H23O. The molecule has 0 bridgehead atoms. The van der Waals surface area contributed by atoms with Gasteiger partial charge in [0, 0.05) is 0 Å². The van der Waals surface area contributed by atoms with Crippen molar-refractivity contribution in [2.24, 2.45) is 0 Å². The van der Waals surface area contributed by atoms with Gasteiger partial charge in [-0.2, -0.15) is 0 Å². The molecule has 1 aromatic rings. The Balaban J connectivity index is 2.26. The molecule has 89 valence electrons. The Hall–Kier alpha value is -0.980. The van der Waals surface area contributed by atoms with E-state index in [2.05, 4.69) is 20.3 Å². The smallest absolute Gasteiger partial charge is 0.119 e. The minimum absolute atomic E-state index is 0.374. The molecule has 0 aliphatic rings. The highest BCUT2D eigenvalue weighted by molar-refractivity contribution is 5.21. The fourth-order valence-electron chi connectivity index (χ4n) is 1.76. The molecule has 0 aliphatic heterocycles. The third kappa shape index (κ3) is 5.20. The van der Waals surface area contributed by atoms with E-state index in [4.69, 9.17) is 4.74 Å². The van der Waals surface area contributed by atoms with Gasteiger partial charge in [0.1, 0.15) is 5.75 Å². The first-order chi connectivity index (χ1) is 7.86. The Kier molecular flexibility index (Phi) is 6.71. The Morgan fingerprint density at radius 2 is 1.94 bits per heavy atom. The van der Waals surface area contributed by atoms with Gasteiger partial charge < -0.3 is 4.74 Å². The van der Waals surface area contributed by atoms with Crippen LogP contribution in [-0.2, 0) is 0 Å². The first kappa shape index (κ1) is 13.1. The van der Waals surface area contributed by atoms with Crippen LogP contribution in [0.5, 0.6) is 5.75 Å². The molecule has 0 saturated heterocycles. The molecule has 1 nitrogen and oxygen atoms in total. The number of unbranched alkanes of at least 4 members (excludes halogenated alkanes) is 3. The predicted molar refractivity (Wildman–Crippen MR) is 69.6 cm³/mol. The molecule has 0 fully saturated rings. The molecule has 0 amide bonds. The SMILES string of the molecule is C[CH]CCCCC(CC)Oc1ccccc1. The molecule has 1 heteroatoms. The molecule has 0 saturated carbocycles. The number of rotatable bonds is 8. The van der Waals surface area contributed by atoms with Crippen LogP contribution in [-0.4, -0.2) is 6.10 Å². The van der Waals surface area contributed by atoms with Crippen LogP contribution in [0.3, 0.4) is 0 Å². The molecule has 16 heavy (non-hydrogen) atoms. The lowest BCUT2D eigenvalue weighted by molar-refractivity contribution is 0.183. The monoisotopic (exact) mass is 219 g/mol. The van der Waals surface area contributed by atoms with E-state index >= 15 is 0 Å². The van der Waals surface area contributed by atoms with Gasteiger partial charge in [0.15, 0.2) is 0 Å². The Labute approximate surface area is 99.8 Å². The Bertz CT molecular complexity index is 255. The van der Waals surface area contributed by atoms with E-state index in [-0.39, 0.29) is 0 Å². The van der Waals surface area contributed by atoms with Gasteiger partial charge in [-0.05, 0) is 37.8 Å². The largest absolute Gasteiger partial charge is 0.490 e. The lowest BCUT2D eigenvalue weighted by atomic mass is 10.1. The minimum Gasteiger partial charge on any atom is -0.490 e. The van der Waals surface area contributed by atoms with E-state index in [9.17, 15) is 0 Å². The third-order valence-corrected chi connectivity index (χ3v) is 2.77. The first-order valence-corrected chi connectivity index (χ1v) is 6.36. The normalized spacial score (nSPS) is 12.4. The van der Waals surface area contributed by atoms with Gasteiger partial charge in [-0.3, -0.25) is 0 Å². The highest BCUT2D eigenvalue weighted by Gasteiger charge is 2.07. The lowest BCUT2D eigenvalue weighted by Crippen LogP contribution is -2.15. The molecule has 1 aromatic carbocycles. The third-order valence-electron chi connectivity index (χ3n) is 2.77. The Morgan fingerprint density at radius 3 is 2.56 bits per heavy atom. The van der Waals surface area contributed by atoms with Crippen LogP contribution in [0.15, 0.2) is 30.3 Å². The average molecular weight is 219 g/mol. The quantitative estimate of drug-likeness (QED) is 0.579. The van der Waals surface area contributed by atoms with Crippen LogP contribution in [0.25, 0.3) is 0 Å². The van der Waals surface area contributed by atoms with Crippen LogP contribution in [0.4, 0.5) is 0 Å². The summed E-state index contributed by atoms with van der Waals surface area (Å²) in [6.07, 6.45) is 8.63. The van der Waals surface area contributed by atoms with Gasteiger partial charge >= 0.3 is 0 Å². The van der Waals surface area contributed by atoms with Crippen molar-refractivity contribution in [3.8, 4) is 5.75 Å². The van der Waals surface area contributed by atoms with Crippen molar-refractivity contribution in [2.45, 2.75) is 52.1 Å². The topological polar surface area (TPSA) is 9.23 Å². The summed E-state index contributed by atoms with van der Waals surface area (Å²) in [5.74, 6) is 0.997. The molecule has 1 atom stereocenters. The maximum atomic E-state index is 5.93. The van der Waals surface area contributed by atoms with Crippen molar-refractivity contribution in [2.75, 3.05) is 0 Å². The van der Waals surface area contributed by atoms with E-state index < -0.39 is 0 Å². The maximum absolute atomic E-state index is 5.93. The van der Waals surface area contributed by atoms with Gasteiger partial charge in [-0.15, -0.1) is 0 Å². The summed E-state index contributed by atoms with van der Waals surface area (Å²) in [6, 6.07) is 10.1. The highest BCUT2D eigenvalue weighted by Crippen LogP contribution is 2.16. The summed E-state index contributed by atoms with van der Waals surface area (Å²) in [5.41, 5.74) is 0. The van der Waals surface area contributed by atoms with Crippen molar-refractivity contribution in [1.82, 2.24) is 0 Å². The van der Waals surface area contributed by atoms with E-state index in [1.807, 2.05) is 30.3 Å². The second-order valence-corrected chi connectivity index (χ2v) is 4.15. The molecule has 1 radical (unpaired) electrons. The van der Waals surface area contributed by atoms with Crippen molar-refractivity contribution in [1.29, 1.82) is 0 Å². The van der Waals surface area contributed by atoms with E-state index in [0.29, 0.717) is 6.10 Å². The lowest BCUT2D eigenvalue weighted by Gasteiger charge is -2.17. The van der Waals surface area contributed by atoms with Crippen LogP contribution in [0.1, 0.15) is 46.0 Å². The fraction of sp³-hybridized carbons (Fsp3) is 0.533. The summed E-state index contributed by atoms with van der Waals surface area (Å²) in [4.78, 5) is 0. The minimum atomic E-state index is 0.374. The molecule has 0 heterocycles. The number of hydrogen-bond acceptors (Lipinski definition) is 1. The molecule has 1 rings (SSSR count). The number of benzene rings is 1. The molecule has 0 aliphatic carbocycles. The average Bonchev–Trinajstić information content (AvgIpc) is 2.34. The zero-order valence-electron chi connectivity index (χ0n) is 10.5. The second-order valence-electron chi connectivity index (χ2n) is 4.15. The van der Waals surface area contributed by atoms with Crippen LogP contribution in [0, 0.1) is 6.42 Å². The van der Waals surface area contributed by atoms with E-state index in [1.54, 1.807) is 0 Å². The zero-order valence-corrected chi connectivity index (χ0v) is 10.5. The summed E-state index contributed by atoms with van der Waals surface area (Å²) in [5, 5.41) is 0. The van der Waals surface area contributed by atoms with Crippen LogP contribution < -0.4 is 4.74 Å². The van der Waals surface area contributed by atoms with Crippen molar-refractivity contribution >= 4 is 0 Å². The van der Waals surface area contributed by atoms with E-state index in [0.717, 1.165) is 12.2 Å². The van der Waals surface area contributed by atoms with Gasteiger partial charge in [0.2, 0.25) is 0 Å².